The third-order valence-corrected chi connectivity index (χ3v) is 11.3. The predicted octanol–water partition coefficient (Wildman–Crippen LogP) is 8.22. The van der Waals surface area contributed by atoms with Crippen LogP contribution in [0.3, 0.4) is 0 Å². The molecule has 4 aliphatic rings. The molecule has 2 bridgehead atoms. The van der Waals surface area contributed by atoms with Gasteiger partial charge in [0.15, 0.2) is 5.69 Å². The van der Waals surface area contributed by atoms with Gasteiger partial charge in [0.05, 0.1) is 14.7 Å². The van der Waals surface area contributed by atoms with Crippen LogP contribution < -0.4 is 5.32 Å². The van der Waals surface area contributed by atoms with Gasteiger partial charge in [-0.1, -0.05) is 34.4 Å². The van der Waals surface area contributed by atoms with Gasteiger partial charge in [0, 0.05) is 52.8 Å². The minimum Gasteiger partial charge on any atom is -0.476 e. The van der Waals surface area contributed by atoms with Crippen molar-refractivity contribution in [3.8, 4) is 11.3 Å². The molecule has 2 saturated carbocycles. The van der Waals surface area contributed by atoms with Gasteiger partial charge in [-0.3, -0.25) is 4.90 Å². The number of aromatic nitrogens is 2. The summed E-state index contributed by atoms with van der Waals surface area (Å²) in [4.78, 5) is 14.1. The van der Waals surface area contributed by atoms with Crippen LogP contribution in [-0.4, -0.2) is 43.6 Å². The van der Waals surface area contributed by atoms with Crippen molar-refractivity contribution in [3.05, 3.63) is 63.5 Å². The number of hydrogen-bond acceptors (Lipinski definition) is 7. The number of piperidine rings is 1. The molecule has 1 spiro atoms. The minimum atomic E-state index is -0.976. The largest absolute Gasteiger partial charge is 0.476 e. The summed E-state index contributed by atoms with van der Waals surface area (Å²) >= 11 is 14.5. The van der Waals surface area contributed by atoms with Crippen LogP contribution in [0, 0.1) is 5.41 Å². The molecule has 2 aliphatic carbocycles. The highest BCUT2D eigenvalue weighted by molar-refractivity contribution is 7.13. The summed E-state index contributed by atoms with van der Waals surface area (Å²) in [6.07, 6.45) is 9.59. The maximum absolute atomic E-state index is 11.4. The maximum Gasteiger partial charge on any atom is 0.356 e. The lowest BCUT2D eigenvalue weighted by Crippen LogP contribution is -2.55. The van der Waals surface area contributed by atoms with E-state index in [1.807, 2.05) is 36.4 Å². The van der Waals surface area contributed by atoms with E-state index < -0.39 is 5.97 Å². The fourth-order valence-corrected chi connectivity index (χ4v) is 9.26. The van der Waals surface area contributed by atoms with E-state index in [0.717, 1.165) is 46.8 Å². The number of benzene rings is 2. The topological polar surface area (TPSA) is 91.5 Å². The molecule has 2 N–H and O–H groups in total. The van der Waals surface area contributed by atoms with Crippen LogP contribution in [0.5, 0.6) is 0 Å². The zero-order valence-corrected chi connectivity index (χ0v) is 24.7. The number of fused-ring (bicyclic) bond motifs is 3. The molecular formula is C31H30Cl2N4O3S. The molecular weight excluding hydrogens is 579 g/mol. The van der Waals surface area contributed by atoms with Crippen molar-refractivity contribution < 1.29 is 14.4 Å². The summed E-state index contributed by atoms with van der Waals surface area (Å²) < 4.78 is 11.0. The number of rotatable bonds is 7. The molecule has 4 fully saturated rings. The third-order valence-electron chi connectivity index (χ3n) is 9.82. The molecule has 212 valence electrons. The number of anilines is 1. The summed E-state index contributed by atoms with van der Waals surface area (Å²) in [7, 11) is 0. The van der Waals surface area contributed by atoms with E-state index >= 15 is 0 Å². The zero-order valence-electron chi connectivity index (χ0n) is 22.4. The van der Waals surface area contributed by atoms with Crippen LogP contribution in [0.4, 0.5) is 5.69 Å². The Kier molecular flexibility index (Phi) is 6.15. The van der Waals surface area contributed by atoms with Gasteiger partial charge in [-0.25, -0.2) is 4.79 Å². The van der Waals surface area contributed by atoms with Gasteiger partial charge in [-0.2, -0.15) is 4.37 Å². The fraction of sp³-hybridized carbons (Fsp3) is 0.452. The molecule has 2 atom stereocenters. The van der Waals surface area contributed by atoms with Gasteiger partial charge >= 0.3 is 5.97 Å². The van der Waals surface area contributed by atoms with E-state index in [2.05, 4.69) is 19.7 Å². The lowest BCUT2D eigenvalue weighted by molar-refractivity contribution is -0.0217. The van der Waals surface area contributed by atoms with Crippen LogP contribution in [-0.2, 0) is 6.54 Å². The van der Waals surface area contributed by atoms with E-state index in [4.69, 9.17) is 27.7 Å². The normalized spacial score (nSPS) is 27.4. The second-order valence-electron chi connectivity index (χ2n) is 12.5. The molecule has 8 rings (SSSR count). The molecule has 2 unspecified atom stereocenters. The number of nitrogens with one attached hydrogen (secondary N) is 1. The van der Waals surface area contributed by atoms with E-state index in [1.165, 1.54) is 55.6 Å². The molecule has 10 heteroatoms. The highest BCUT2D eigenvalue weighted by Crippen LogP contribution is 2.57. The Labute approximate surface area is 252 Å². The van der Waals surface area contributed by atoms with Crippen molar-refractivity contribution >= 4 is 56.5 Å². The first-order valence-corrected chi connectivity index (χ1v) is 16.0. The smallest absolute Gasteiger partial charge is 0.356 e. The van der Waals surface area contributed by atoms with E-state index in [9.17, 15) is 9.90 Å². The lowest BCUT2D eigenvalue weighted by Gasteiger charge is -2.55. The first kappa shape index (κ1) is 26.0. The van der Waals surface area contributed by atoms with Crippen LogP contribution in [0.15, 0.2) is 40.9 Å². The van der Waals surface area contributed by atoms with Crippen molar-refractivity contribution in [2.24, 2.45) is 5.41 Å². The quantitative estimate of drug-likeness (QED) is 0.218. The highest BCUT2D eigenvalue weighted by Gasteiger charge is 2.54. The molecule has 2 aromatic carbocycles. The number of carboxylic acid groups (broad SMARTS) is 1. The highest BCUT2D eigenvalue weighted by atomic mass is 35.5. The molecule has 4 aromatic rings. The summed E-state index contributed by atoms with van der Waals surface area (Å²) in [5.74, 6) is 0.507. The Bertz CT molecular complexity index is 1640. The van der Waals surface area contributed by atoms with E-state index in [1.54, 1.807) is 0 Å². The van der Waals surface area contributed by atoms with Gasteiger partial charge in [0.1, 0.15) is 11.5 Å². The summed E-state index contributed by atoms with van der Waals surface area (Å²) in [5, 5.41) is 19.5. The molecule has 4 heterocycles. The number of carboxylic acids is 1. The van der Waals surface area contributed by atoms with Gasteiger partial charge in [-0.05, 0) is 98.6 Å². The second-order valence-corrected chi connectivity index (χ2v) is 14.1. The number of carbonyl (C=O) groups is 1. The van der Waals surface area contributed by atoms with Gasteiger partial charge in [0.2, 0.25) is 0 Å². The van der Waals surface area contributed by atoms with Crippen molar-refractivity contribution in [1.82, 2.24) is 14.4 Å². The zero-order chi connectivity index (χ0) is 27.9. The van der Waals surface area contributed by atoms with Gasteiger partial charge < -0.3 is 14.9 Å². The monoisotopic (exact) mass is 608 g/mol. The fourth-order valence-electron chi connectivity index (χ4n) is 7.88. The average molecular weight is 610 g/mol. The first-order chi connectivity index (χ1) is 19.9. The Morgan fingerprint density at radius 1 is 1.07 bits per heavy atom. The Balaban J connectivity index is 0.974. The van der Waals surface area contributed by atoms with Crippen LogP contribution in [0.25, 0.3) is 21.3 Å². The molecule has 41 heavy (non-hydrogen) atoms. The molecule has 2 aliphatic heterocycles. The Morgan fingerprint density at radius 3 is 2.49 bits per heavy atom. The average Bonchev–Trinajstić information content (AvgIpc) is 3.47. The standard InChI is InChI=1S/C31H30Cl2N4O3S/c32-23-2-1-3-24(33)26(23)27-22(29(40-35-27)16-4-5-16)15-37-19-7-8-20(37)14-31(13-19)11-18(12-31)34-17-6-9-21-25(10-17)41-36-28(21)30(38)39/h1-3,6,9-10,16,18-20,34H,4-5,7-8,11-15H2,(H,38,39). The number of aromatic carboxylic acids is 1. The van der Waals surface area contributed by atoms with Gasteiger partial charge in [-0.15, -0.1) is 0 Å². The summed E-state index contributed by atoms with van der Waals surface area (Å²) in [6, 6.07) is 13.1. The van der Waals surface area contributed by atoms with E-state index in [-0.39, 0.29) is 5.69 Å². The molecule has 0 amide bonds. The number of hydrogen-bond donors (Lipinski definition) is 2. The molecule has 0 radical (unpaired) electrons. The van der Waals surface area contributed by atoms with Crippen molar-refractivity contribution in [3.63, 3.8) is 0 Å². The minimum absolute atomic E-state index is 0.138. The van der Waals surface area contributed by atoms with Crippen molar-refractivity contribution in [1.29, 1.82) is 0 Å². The van der Waals surface area contributed by atoms with Crippen LogP contribution in [0.1, 0.15) is 79.1 Å². The lowest BCUT2D eigenvalue weighted by atomic mass is 9.58. The Morgan fingerprint density at radius 2 is 1.80 bits per heavy atom. The molecule has 7 nitrogen and oxygen atoms in total. The first-order valence-electron chi connectivity index (χ1n) is 14.5. The predicted molar refractivity (Wildman–Crippen MR) is 161 cm³/mol. The summed E-state index contributed by atoms with van der Waals surface area (Å²) in [5.41, 5.74) is 4.35. The van der Waals surface area contributed by atoms with Gasteiger partial charge in [0.25, 0.3) is 0 Å². The Hall–Kier alpha value is -2.65. The second kappa shape index (κ2) is 9.69. The number of halogens is 2. The van der Waals surface area contributed by atoms with Crippen LogP contribution >= 0.6 is 34.7 Å². The number of nitrogens with zero attached hydrogens (tertiary/aromatic N) is 3. The molecule has 2 saturated heterocycles. The maximum atomic E-state index is 11.4. The van der Waals surface area contributed by atoms with Crippen molar-refractivity contribution in [2.75, 3.05) is 5.32 Å². The summed E-state index contributed by atoms with van der Waals surface area (Å²) in [6.45, 7) is 0.840. The third kappa shape index (κ3) is 4.46. The van der Waals surface area contributed by atoms with Crippen molar-refractivity contribution in [2.45, 2.75) is 82.0 Å². The van der Waals surface area contributed by atoms with E-state index in [0.29, 0.717) is 44.9 Å². The molecule has 2 aromatic heterocycles. The van der Waals surface area contributed by atoms with Crippen LogP contribution in [0.2, 0.25) is 10.0 Å². The SMILES string of the molecule is O=C(O)c1nsc2cc(NC3CC4(C3)CC3CCC(C4)N3Cc3c(-c4c(Cl)cccc4Cl)noc3C3CC3)ccc12.